The van der Waals surface area contributed by atoms with Crippen LogP contribution >= 0.6 is 0 Å². The van der Waals surface area contributed by atoms with Crippen molar-refractivity contribution in [1.82, 2.24) is 5.32 Å². The van der Waals surface area contributed by atoms with Gasteiger partial charge in [-0.3, -0.25) is 19.3 Å². The summed E-state index contributed by atoms with van der Waals surface area (Å²) in [4.78, 5) is 39.1. The third-order valence-electron chi connectivity index (χ3n) is 5.77. The Kier molecular flexibility index (Phi) is 4.83. The molecule has 27 heavy (non-hydrogen) atoms. The van der Waals surface area contributed by atoms with Crippen LogP contribution < -0.4 is 10.2 Å². The summed E-state index contributed by atoms with van der Waals surface area (Å²) in [6.45, 7) is 3.23. The van der Waals surface area contributed by atoms with Gasteiger partial charge in [0.2, 0.25) is 11.8 Å². The second-order valence-electron chi connectivity index (χ2n) is 7.56. The number of anilines is 1. The summed E-state index contributed by atoms with van der Waals surface area (Å²) in [5.41, 5.74) is 1.03. The van der Waals surface area contributed by atoms with Crippen molar-refractivity contribution in [2.75, 3.05) is 18.1 Å². The fourth-order valence-corrected chi connectivity index (χ4v) is 4.28. The van der Waals surface area contributed by atoms with E-state index in [1.54, 1.807) is 24.3 Å². The van der Waals surface area contributed by atoms with Gasteiger partial charge in [0.05, 0.1) is 23.6 Å². The summed E-state index contributed by atoms with van der Waals surface area (Å²) >= 11 is 0. The minimum Gasteiger partial charge on any atom is -0.376 e. The number of imide groups is 1. The first kappa shape index (κ1) is 17.9. The molecule has 0 unspecified atom stereocenters. The second kappa shape index (κ2) is 7.27. The Morgan fingerprint density at radius 1 is 1.22 bits per heavy atom. The van der Waals surface area contributed by atoms with Gasteiger partial charge in [0.25, 0.3) is 5.91 Å². The van der Waals surface area contributed by atoms with Gasteiger partial charge in [0.1, 0.15) is 0 Å². The molecule has 2 aliphatic heterocycles. The predicted molar refractivity (Wildman–Crippen MR) is 100 cm³/mol. The van der Waals surface area contributed by atoms with Crippen LogP contribution in [0.25, 0.3) is 0 Å². The van der Waals surface area contributed by atoms with Gasteiger partial charge >= 0.3 is 0 Å². The van der Waals surface area contributed by atoms with E-state index in [0.29, 0.717) is 24.2 Å². The molecule has 1 aliphatic carbocycles. The monoisotopic (exact) mass is 368 g/mol. The van der Waals surface area contributed by atoms with E-state index in [4.69, 9.17) is 4.74 Å². The van der Waals surface area contributed by atoms with Gasteiger partial charge in [-0.25, -0.2) is 0 Å². The Labute approximate surface area is 158 Å². The summed E-state index contributed by atoms with van der Waals surface area (Å²) < 4.78 is 5.50. The summed E-state index contributed by atoms with van der Waals surface area (Å²) in [6, 6.07) is 6.66. The number of ether oxygens (including phenoxy) is 1. The first-order valence-corrected chi connectivity index (χ1v) is 9.60. The molecule has 6 nitrogen and oxygen atoms in total. The molecule has 1 N–H and O–H groups in total. The summed E-state index contributed by atoms with van der Waals surface area (Å²) in [5.74, 6) is -0.950. The zero-order valence-corrected chi connectivity index (χ0v) is 15.4. The Bertz CT molecular complexity index is 780. The van der Waals surface area contributed by atoms with Crippen LogP contribution in [0.1, 0.15) is 36.5 Å². The number of carbonyl (C=O) groups excluding carboxylic acids is 3. The molecule has 0 saturated carbocycles. The van der Waals surface area contributed by atoms with Gasteiger partial charge < -0.3 is 10.1 Å². The lowest BCUT2D eigenvalue weighted by Crippen LogP contribution is -2.32. The van der Waals surface area contributed by atoms with Crippen LogP contribution in [0, 0.1) is 17.8 Å². The lowest BCUT2D eigenvalue weighted by Gasteiger charge is -2.22. The molecule has 4 rings (SSSR count). The van der Waals surface area contributed by atoms with Crippen LogP contribution in [-0.4, -0.2) is 37.0 Å². The smallest absolute Gasteiger partial charge is 0.251 e. The van der Waals surface area contributed by atoms with Crippen LogP contribution in [0.3, 0.4) is 0 Å². The van der Waals surface area contributed by atoms with E-state index in [1.165, 1.54) is 4.90 Å². The number of hydrogen-bond donors (Lipinski definition) is 1. The SMILES string of the molecule is C[C@@H]1C=CC[C@@H]2C(=O)N(c3ccc(C(=O)NC[C@@H]4CCCO4)cc3)C(=O)[C@@H]12. The van der Waals surface area contributed by atoms with E-state index in [-0.39, 0.29) is 41.6 Å². The molecule has 142 valence electrons. The molecule has 2 saturated heterocycles. The van der Waals surface area contributed by atoms with E-state index >= 15 is 0 Å². The zero-order valence-electron chi connectivity index (χ0n) is 15.4. The van der Waals surface area contributed by atoms with Crippen LogP contribution in [0.5, 0.6) is 0 Å². The normalized spacial score (nSPS) is 29.9. The van der Waals surface area contributed by atoms with Gasteiger partial charge in [0.15, 0.2) is 0 Å². The number of nitrogens with one attached hydrogen (secondary N) is 1. The number of allylic oxidation sites excluding steroid dienone is 2. The van der Waals surface area contributed by atoms with Crippen LogP contribution in [0.4, 0.5) is 5.69 Å². The van der Waals surface area contributed by atoms with E-state index in [2.05, 4.69) is 5.32 Å². The minimum absolute atomic E-state index is 0.0630. The quantitative estimate of drug-likeness (QED) is 0.654. The maximum absolute atomic E-state index is 12.8. The highest BCUT2D eigenvalue weighted by atomic mass is 16.5. The molecule has 0 spiro atoms. The molecule has 3 amide bonds. The Balaban J connectivity index is 1.45. The Hall–Kier alpha value is -2.47. The van der Waals surface area contributed by atoms with Crippen molar-refractivity contribution in [3.63, 3.8) is 0 Å². The summed E-state index contributed by atoms with van der Waals surface area (Å²) in [6.07, 6.45) is 6.70. The van der Waals surface area contributed by atoms with Crippen LogP contribution in [0.15, 0.2) is 36.4 Å². The highest BCUT2D eigenvalue weighted by Crippen LogP contribution is 2.40. The number of rotatable bonds is 4. The number of benzene rings is 1. The second-order valence-corrected chi connectivity index (χ2v) is 7.56. The summed E-state index contributed by atoms with van der Waals surface area (Å²) in [7, 11) is 0. The summed E-state index contributed by atoms with van der Waals surface area (Å²) in [5, 5.41) is 2.87. The lowest BCUT2D eigenvalue weighted by molar-refractivity contribution is -0.122. The molecule has 4 atom stereocenters. The molecule has 6 heteroatoms. The van der Waals surface area contributed by atoms with E-state index in [9.17, 15) is 14.4 Å². The number of nitrogens with zero attached hydrogens (tertiary/aromatic N) is 1. The lowest BCUT2D eigenvalue weighted by atomic mass is 9.78. The van der Waals surface area contributed by atoms with Gasteiger partial charge in [-0.2, -0.15) is 0 Å². The predicted octanol–water partition coefficient (Wildman–Crippen LogP) is 2.30. The maximum atomic E-state index is 12.8. The minimum atomic E-state index is -0.281. The third kappa shape index (κ3) is 3.30. The van der Waals surface area contributed by atoms with Gasteiger partial charge in [0, 0.05) is 18.7 Å². The standard InChI is InChI=1S/C21H24N2O4/c1-13-4-2-6-17-18(13)21(26)23(20(17)25)15-9-7-14(8-10-15)19(24)22-12-16-5-3-11-27-16/h2,4,7-10,13,16-18H,3,5-6,11-12H2,1H3,(H,22,24)/t13-,16+,17+,18+/m1/s1. The van der Waals surface area contributed by atoms with Crippen LogP contribution in [0.2, 0.25) is 0 Å². The van der Waals surface area contributed by atoms with E-state index in [1.807, 2.05) is 19.1 Å². The van der Waals surface area contributed by atoms with Crippen molar-refractivity contribution in [2.24, 2.45) is 17.8 Å². The van der Waals surface area contributed by atoms with Gasteiger partial charge in [-0.05, 0) is 49.4 Å². The maximum Gasteiger partial charge on any atom is 0.251 e. The fourth-order valence-electron chi connectivity index (χ4n) is 4.28. The molecule has 1 aromatic rings. The molecular formula is C21H24N2O4. The van der Waals surface area contributed by atoms with Crippen molar-refractivity contribution < 1.29 is 19.1 Å². The van der Waals surface area contributed by atoms with E-state index < -0.39 is 0 Å². The van der Waals surface area contributed by atoms with Gasteiger partial charge in [-0.15, -0.1) is 0 Å². The molecule has 0 aromatic heterocycles. The molecular weight excluding hydrogens is 344 g/mol. The zero-order chi connectivity index (χ0) is 19.0. The van der Waals surface area contributed by atoms with Crippen molar-refractivity contribution in [2.45, 2.75) is 32.3 Å². The highest BCUT2D eigenvalue weighted by Gasteiger charge is 2.50. The molecule has 0 radical (unpaired) electrons. The number of fused-ring (bicyclic) bond motifs is 1. The molecule has 2 fully saturated rings. The van der Waals surface area contributed by atoms with Gasteiger partial charge in [-0.1, -0.05) is 19.1 Å². The first-order chi connectivity index (χ1) is 13.1. The van der Waals surface area contributed by atoms with Crippen molar-refractivity contribution in [3.8, 4) is 0 Å². The van der Waals surface area contributed by atoms with Crippen LogP contribution in [-0.2, 0) is 14.3 Å². The topological polar surface area (TPSA) is 75.7 Å². The molecule has 0 bridgehead atoms. The fraction of sp³-hybridized carbons (Fsp3) is 0.476. The first-order valence-electron chi connectivity index (χ1n) is 9.60. The molecule has 3 aliphatic rings. The van der Waals surface area contributed by atoms with Crippen molar-refractivity contribution in [1.29, 1.82) is 0 Å². The van der Waals surface area contributed by atoms with Crippen molar-refractivity contribution in [3.05, 3.63) is 42.0 Å². The van der Waals surface area contributed by atoms with Crippen molar-refractivity contribution >= 4 is 23.4 Å². The number of carbonyl (C=O) groups is 3. The third-order valence-corrected chi connectivity index (χ3v) is 5.77. The molecule has 2 heterocycles. The Morgan fingerprint density at radius 2 is 2.00 bits per heavy atom. The number of amides is 3. The largest absolute Gasteiger partial charge is 0.376 e. The molecule has 1 aromatic carbocycles. The highest BCUT2D eigenvalue weighted by molar-refractivity contribution is 6.22. The Morgan fingerprint density at radius 3 is 2.67 bits per heavy atom. The average Bonchev–Trinajstić information content (AvgIpc) is 3.28. The average molecular weight is 368 g/mol. The van der Waals surface area contributed by atoms with E-state index in [0.717, 1.165) is 19.4 Å². The number of hydrogen-bond acceptors (Lipinski definition) is 4.